The Morgan fingerprint density at radius 2 is 2.25 bits per heavy atom. The maximum atomic E-state index is 12.0. The van der Waals surface area contributed by atoms with Crippen molar-refractivity contribution in [3.05, 3.63) is 40.1 Å². The van der Waals surface area contributed by atoms with Crippen molar-refractivity contribution in [3.8, 4) is 0 Å². The Balaban J connectivity index is 2.11. The molecule has 2 rings (SSSR count). The average molecular weight is 291 g/mol. The standard InChI is InChI=1S/C13H13N3O3S/c1-3-19-13(18)12-16-10(7-20-12)11(17)15-9-4-5-14-6-8(9)2/h4-7H,3H2,1-2H3,(H,14,15,17). The lowest BCUT2D eigenvalue weighted by atomic mass is 10.2. The van der Waals surface area contributed by atoms with E-state index in [1.165, 1.54) is 5.38 Å². The van der Waals surface area contributed by atoms with Crippen LogP contribution in [0.5, 0.6) is 0 Å². The van der Waals surface area contributed by atoms with Gasteiger partial charge in [-0.2, -0.15) is 0 Å². The average Bonchev–Trinajstić information content (AvgIpc) is 2.91. The molecule has 1 amide bonds. The van der Waals surface area contributed by atoms with Crippen molar-refractivity contribution in [2.45, 2.75) is 13.8 Å². The SMILES string of the molecule is CCOC(=O)c1nc(C(=O)Nc2ccncc2C)cs1. The number of rotatable bonds is 4. The fourth-order valence-corrected chi connectivity index (χ4v) is 2.15. The van der Waals surface area contributed by atoms with E-state index in [4.69, 9.17) is 4.74 Å². The van der Waals surface area contributed by atoms with Gasteiger partial charge < -0.3 is 10.1 Å². The number of aryl methyl sites for hydroxylation is 1. The summed E-state index contributed by atoms with van der Waals surface area (Å²) in [4.78, 5) is 31.4. The van der Waals surface area contributed by atoms with Crippen LogP contribution in [-0.4, -0.2) is 28.5 Å². The lowest BCUT2D eigenvalue weighted by molar-refractivity contribution is 0.0526. The quantitative estimate of drug-likeness (QED) is 0.874. The smallest absolute Gasteiger partial charge is 0.367 e. The van der Waals surface area contributed by atoms with Crippen molar-refractivity contribution in [3.63, 3.8) is 0 Å². The molecule has 0 aromatic carbocycles. The van der Waals surface area contributed by atoms with Gasteiger partial charge in [-0.15, -0.1) is 11.3 Å². The van der Waals surface area contributed by atoms with E-state index in [0.29, 0.717) is 5.69 Å². The molecule has 2 aromatic rings. The molecule has 0 aliphatic carbocycles. The lowest BCUT2D eigenvalue weighted by Gasteiger charge is -2.05. The van der Waals surface area contributed by atoms with Gasteiger partial charge in [0.05, 0.1) is 6.61 Å². The van der Waals surface area contributed by atoms with Gasteiger partial charge in [-0.1, -0.05) is 0 Å². The van der Waals surface area contributed by atoms with Crippen molar-refractivity contribution < 1.29 is 14.3 Å². The van der Waals surface area contributed by atoms with Crippen molar-refractivity contribution in [1.82, 2.24) is 9.97 Å². The summed E-state index contributed by atoms with van der Waals surface area (Å²) in [5.41, 5.74) is 1.70. The van der Waals surface area contributed by atoms with Crippen LogP contribution in [0, 0.1) is 6.92 Å². The number of anilines is 1. The predicted molar refractivity (Wildman–Crippen MR) is 75.0 cm³/mol. The first-order valence-corrected chi connectivity index (χ1v) is 6.84. The van der Waals surface area contributed by atoms with Gasteiger partial charge in [0, 0.05) is 23.5 Å². The summed E-state index contributed by atoms with van der Waals surface area (Å²) in [7, 11) is 0. The lowest BCUT2D eigenvalue weighted by Crippen LogP contribution is -2.14. The molecule has 0 aliphatic rings. The topological polar surface area (TPSA) is 81.2 Å². The van der Waals surface area contributed by atoms with Crippen LogP contribution in [0.2, 0.25) is 0 Å². The Bertz CT molecular complexity index is 639. The number of nitrogens with zero attached hydrogens (tertiary/aromatic N) is 2. The van der Waals surface area contributed by atoms with Gasteiger partial charge in [-0.3, -0.25) is 9.78 Å². The number of hydrogen-bond donors (Lipinski definition) is 1. The third kappa shape index (κ3) is 3.18. The monoisotopic (exact) mass is 291 g/mol. The van der Waals surface area contributed by atoms with Crippen molar-refractivity contribution in [2.24, 2.45) is 0 Å². The molecule has 104 valence electrons. The van der Waals surface area contributed by atoms with E-state index < -0.39 is 5.97 Å². The first kappa shape index (κ1) is 14.1. The van der Waals surface area contributed by atoms with E-state index in [9.17, 15) is 9.59 Å². The molecule has 0 fully saturated rings. The summed E-state index contributed by atoms with van der Waals surface area (Å²) in [6, 6.07) is 1.70. The van der Waals surface area contributed by atoms with E-state index in [2.05, 4.69) is 15.3 Å². The molecule has 20 heavy (non-hydrogen) atoms. The van der Waals surface area contributed by atoms with E-state index in [-0.39, 0.29) is 23.2 Å². The van der Waals surface area contributed by atoms with Crippen LogP contribution in [0.15, 0.2) is 23.8 Å². The van der Waals surface area contributed by atoms with Gasteiger partial charge in [-0.25, -0.2) is 9.78 Å². The second kappa shape index (κ2) is 6.25. The molecule has 0 saturated heterocycles. The van der Waals surface area contributed by atoms with Crippen LogP contribution < -0.4 is 5.32 Å². The number of hydrogen-bond acceptors (Lipinski definition) is 6. The van der Waals surface area contributed by atoms with Crippen LogP contribution in [0.25, 0.3) is 0 Å². The minimum atomic E-state index is -0.517. The van der Waals surface area contributed by atoms with E-state index >= 15 is 0 Å². The maximum Gasteiger partial charge on any atom is 0.367 e. The number of ether oxygens (including phenoxy) is 1. The van der Waals surface area contributed by atoms with Crippen LogP contribution >= 0.6 is 11.3 Å². The Morgan fingerprint density at radius 3 is 2.95 bits per heavy atom. The van der Waals surface area contributed by atoms with Gasteiger partial charge in [0.15, 0.2) is 0 Å². The summed E-state index contributed by atoms with van der Waals surface area (Å²) in [5, 5.41) is 4.42. The summed E-state index contributed by atoms with van der Waals surface area (Å²) in [5.74, 6) is -0.886. The van der Waals surface area contributed by atoms with Gasteiger partial charge in [0.25, 0.3) is 5.91 Å². The minimum Gasteiger partial charge on any atom is -0.461 e. The van der Waals surface area contributed by atoms with Gasteiger partial charge in [0.1, 0.15) is 5.69 Å². The normalized spacial score (nSPS) is 10.1. The van der Waals surface area contributed by atoms with E-state index in [0.717, 1.165) is 16.9 Å². The van der Waals surface area contributed by atoms with Gasteiger partial charge >= 0.3 is 5.97 Å². The number of amides is 1. The molecule has 2 aromatic heterocycles. The number of esters is 1. The zero-order chi connectivity index (χ0) is 14.5. The number of pyridine rings is 1. The Hall–Kier alpha value is -2.28. The highest BCUT2D eigenvalue weighted by atomic mass is 32.1. The van der Waals surface area contributed by atoms with Crippen LogP contribution in [0.4, 0.5) is 5.69 Å². The second-order valence-electron chi connectivity index (χ2n) is 3.90. The highest BCUT2D eigenvalue weighted by molar-refractivity contribution is 7.11. The largest absolute Gasteiger partial charge is 0.461 e. The Labute approximate surface area is 119 Å². The highest BCUT2D eigenvalue weighted by Gasteiger charge is 2.16. The molecule has 0 unspecified atom stereocenters. The molecule has 0 radical (unpaired) electrons. The fraction of sp³-hybridized carbons (Fsp3) is 0.231. The maximum absolute atomic E-state index is 12.0. The molecular formula is C13H13N3O3S. The minimum absolute atomic E-state index is 0.170. The Morgan fingerprint density at radius 1 is 1.45 bits per heavy atom. The molecule has 0 aliphatic heterocycles. The third-order valence-corrected chi connectivity index (χ3v) is 3.28. The number of carbonyl (C=O) groups excluding carboxylic acids is 2. The molecule has 7 heteroatoms. The van der Waals surface area contributed by atoms with Crippen molar-refractivity contribution in [1.29, 1.82) is 0 Å². The molecule has 6 nitrogen and oxygen atoms in total. The third-order valence-electron chi connectivity index (χ3n) is 2.46. The van der Waals surface area contributed by atoms with Crippen molar-refractivity contribution >= 4 is 28.9 Å². The van der Waals surface area contributed by atoms with E-state index in [1.807, 2.05) is 6.92 Å². The first-order valence-electron chi connectivity index (χ1n) is 5.96. The van der Waals surface area contributed by atoms with Crippen molar-refractivity contribution in [2.75, 3.05) is 11.9 Å². The molecule has 0 bridgehead atoms. The summed E-state index contributed by atoms with van der Waals surface area (Å²) in [6.45, 7) is 3.83. The number of nitrogens with one attached hydrogen (secondary N) is 1. The second-order valence-corrected chi connectivity index (χ2v) is 4.76. The number of carbonyl (C=O) groups is 2. The molecular weight excluding hydrogens is 278 g/mol. The van der Waals surface area contributed by atoms with Crippen LogP contribution in [0.1, 0.15) is 32.8 Å². The van der Waals surface area contributed by atoms with Crippen LogP contribution in [-0.2, 0) is 4.74 Å². The molecule has 1 N–H and O–H groups in total. The first-order chi connectivity index (χ1) is 9.61. The Kier molecular flexibility index (Phi) is 4.41. The summed E-state index contributed by atoms with van der Waals surface area (Å²) < 4.78 is 4.83. The molecule has 0 spiro atoms. The number of aromatic nitrogens is 2. The molecule has 0 saturated carbocycles. The highest BCUT2D eigenvalue weighted by Crippen LogP contribution is 2.15. The molecule has 0 atom stereocenters. The zero-order valence-corrected chi connectivity index (χ0v) is 11.9. The predicted octanol–water partition coefficient (Wildman–Crippen LogP) is 2.28. The van der Waals surface area contributed by atoms with Crippen LogP contribution in [0.3, 0.4) is 0 Å². The zero-order valence-electron chi connectivity index (χ0n) is 11.0. The summed E-state index contributed by atoms with van der Waals surface area (Å²) in [6.07, 6.45) is 3.24. The fourth-order valence-electron chi connectivity index (χ4n) is 1.46. The van der Waals surface area contributed by atoms with Gasteiger partial charge in [0.2, 0.25) is 5.01 Å². The van der Waals surface area contributed by atoms with E-state index in [1.54, 1.807) is 25.4 Å². The van der Waals surface area contributed by atoms with Gasteiger partial charge in [-0.05, 0) is 25.5 Å². The summed E-state index contributed by atoms with van der Waals surface area (Å²) >= 11 is 1.08. The molecule has 2 heterocycles. The number of thiazole rings is 1.